The summed E-state index contributed by atoms with van der Waals surface area (Å²) in [7, 11) is 0. The van der Waals surface area contributed by atoms with Crippen LogP contribution in [-0.4, -0.2) is 10.9 Å². The number of nitrogens with zero attached hydrogens (tertiary/aromatic N) is 2. The number of carbonyl (C=O) groups is 1. The second-order valence-corrected chi connectivity index (χ2v) is 8.21. The predicted octanol–water partition coefficient (Wildman–Crippen LogP) is 6.30. The monoisotopic (exact) mass is 443 g/mol. The topological polar surface area (TPSA) is 65.8 Å². The number of halogens is 1. The number of hydrogen-bond acceptors (Lipinski definition) is 4. The van der Waals surface area contributed by atoms with E-state index in [1.807, 2.05) is 66.0 Å². The van der Waals surface area contributed by atoms with Crippen LogP contribution in [0.2, 0.25) is 5.02 Å². The quantitative estimate of drug-likeness (QED) is 0.380. The molecule has 0 spiro atoms. The normalized spacial score (nSPS) is 11.5. The third kappa shape index (κ3) is 5.00. The van der Waals surface area contributed by atoms with Gasteiger partial charge in [-0.1, -0.05) is 78.3 Å². The molecule has 0 saturated heterocycles. The number of thiazole rings is 1. The SMILES string of the molecule is N#CC(c1ccccc1)c1ccc(NC(=O)Cc2csc(-c3ccccc3)n2)cc1Cl. The van der Waals surface area contributed by atoms with Crippen molar-refractivity contribution in [1.82, 2.24) is 4.98 Å². The molecule has 0 fully saturated rings. The second kappa shape index (κ2) is 9.57. The Labute approximate surface area is 189 Å². The lowest BCUT2D eigenvalue weighted by molar-refractivity contribution is -0.115. The zero-order valence-electron chi connectivity index (χ0n) is 16.5. The number of hydrogen-bond donors (Lipinski definition) is 1. The molecule has 1 unspecified atom stereocenters. The van der Waals surface area contributed by atoms with Crippen molar-refractivity contribution in [1.29, 1.82) is 5.26 Å². The van der Waals surface area contributed by atoms with Crippen molar-refractivity contribution in [3.63, 3.8) is 0 Å². The molecule has 0 saturated carbocycles. The zero-order valence-corrected chi connectivity index (χ0v) is 18.0. The fourth-order valence-corrected chi connectivity index (χ4v) is 4.39. The summed E-state index contributed by atoms with van der Waals surface area (Å²) in [5.74, 6) is -0.640. The molecular formula is C25H18ClN3OS. The van der Waals surface area contributed by atoms with Crippen molar-refractivity contribution in [2.24, 2.45) is 0 Å². The number of aromatic nitrogens is 1. The van der Waals surface area contributed by atoms with Crippen LogP contribution in [0, 0.1) is 11.3 Å². The van der Waals surface area contributed by atoms with E-state index in [0.29, 0.717) is 16.3 Å². The minimum absolute atomic E-state index is 0.173. The smallest absolute Gasteiger partial charge is 0.230 e. The van der Waals surface area contributed by atoms with Gasteiger partial charge in [0.15, 0.2) is 0 Å². The lowest BCUT2D eigenvalue weighted by Gasteiger charge is -2.13. The number of nitriles is 1. The molecule has 152 valence electrons. The molecular weight excluding hydrogens is 426 g/mol. The third-order valence-corrected chi connectivity index (χ3v) is 6.04. The highest BCUT2D eigenvalue weighted by Crippen LogP contribution is 2.32. The summed E-state index contributed by atoms with van der Waals surface area (Å²) in [4.78, 5) is 17.1. The van der Waals surface area contributed by atoms with Gasteiger partial charge in [0.1, 0.15) is 5.01 Å². The van der Waals surface area contributed by atoms with Crippen LogP contribution in [0.3, 0.4) is 0 Å². The Hall–Kier alpha value is -3.46. The van der Waals surface area contributed by atoms with Gasteiger partial charge in [-0.3, -0.25) is 4.79 Å². The Morgan fingerprint density at radius 1 is 1.06 bits per heavy atom. The number of amides is 1. The van der Waals surface area contributed by atoms with Gasteiger partial charge in [0.2, 0.25) is 5.91 Å². The maximum absolute atomic E-state index is 12.5. The fraction of sp³-hybridized carbons (Fsp3) is 0.0800. The van der Waals surface area contributed by atoms with E-state index in [1.165, 1.54) is 11.3 Å². The van der Waals surface area contributed by atoms with Gasteiger partial charge in [-0.05, 0) is 23.3 Å². The summed E-state index contributed by atoms with van der Waals surface area (Å²) in [5.41, 5.74) is 3.92. The van der Waals surface area contributed by atoms with Crippen LogP contribution >= 0.6 is 22.9 Å². The van der Waals surface area contributed by atoms with Crippen molar-refractivity contribution in [3.05, 3.63) is 106 Å². The molecule has 4 aromatic rings. The highest BCUT2D eigenvalue weighted by Gasteiger charge is 2.17. The predicted molar refractivity (Wildman–Crippen MR) is 125 cm³/mol. The van der Waals surface area contributed by atoms with E-state index in [4.69, 9.17) is 11.6 Å². The molecule has 3 aromatic carbocycles. The number of rotatable bonds is 6. The second-order valence-electron chi connectivity index (χ2n) is 6.94. The number of benzene rings is 3. The van der Waals surface area contributed by atoms with E-state index in [-0.39, 0.29) is 12.3 Å². The summed E-state index contributed by atoms with van der Waals surface area (Å²) in [6, 6.07) is 26.9. The maximum Gasteiger partial charge on any atom is 0.230 e. The number of anilines is 1. The Morgan fingerprint density at radius 2 is 1.77 bits per heavy atom. The molecule has 1 aromatic heterocycles. The first-order valence-corrected chi connectivity index (χ1v) is 10.9. The van der Waals surface area contributed by atoms with Crippen molar-refractivity contribution in [2.75, 3.05) is 5.32 Å². The van der Waals surface area contributed by atoms with Crippen LogP contribution in [0.15, 0.2) is 84.2 Å². The number of carbonyl (C=O) groups excluding carboxylic acids is 1. The summed E-state index contributed by atoms with van der Waals surface area (Å²) >= 11 is 7.97. The van der Waals surface area contributed by atoms with E-state index < -0.39 is 5.92 Å². The van der Waals surface area contributed by atoms with E-state index >= 15 is 0 Å². The molecule has 0 aliphatic rings. The van der Waals surface area contributed by atoms with Gasteiger partial charge >= 0.3 is 0 Å². The van der Waals surface area contributed by atoms with Crippen molar-refractivity contribution in [3.8, 4) is 16.6 Å². The molecule has 1 amide bonds. The standard InChI is InChI=1S/C25H18ClN3OS/c26-23-13-19(11-12-21(23)22(15-27)17-7-3-1-4-8-17)28-24(30)14-20-16-31-25(29-20)18-9-5-2-6-10-18/h1-13,16,22H,14H2,(H,28,30). The summed E-state index contributed by atoms with van der Waals surface area (Å²) in [6.07, 6.45) is 0.174. The van der Waals surface area contributed by atoms with Gasteiger partial charge in [0.25, 0.3) is 0 Å². The Morgan fingerprint density at radius 3 is 2.45 bits per heavy atom. The van der Waals surface area contributed by atoms with E-state index in [9.17, 15) is 10.1 Å². The van der Waals surface area contributed by atoms with Crippen LogP contribution < -0.4 is 5.32 Å². The molecule has 4 nitrogen and oxygen atoms in total. The molecule has 1 N–H and O–H groups in total. The number of nitrogens with one attached hydrogen (secondary N) is 1. The fourth-order valence-electron chi connectivity index (χ4n) is 3.28. The molecule has 4 rings (SSSR count). The average molecular weight is 444 g/mol. The van der Waals surface area contributed by atoms with Gasteiger partial charge in [-0.2, -0.15) is 5.26 Å². The van der Waals surface area contributed by atoms with Crippen LogP contribution in [0.4, 0.5) is 5.69 Å². The third-order valence-electron chi connectivity index (χ3n) is 4.77. The first-order valence-electron chi connectivity index (χ1n) is 9.67. The highest BCUT2D eigenvalue weighted by atomic mass is 35.5. The average Bonchev–Trinajstić information content (AvgIpc) is 3.25. The lowest BCUT2D eigenvalue weighted by atomic mass is 9.92. The molecule has 0 aliphatic heterocycles. The first kappa shape index (κ1) is 20.8. The van der Waals surface area contributed by atoms with Crippen LogP contribution in [-0.2, 0) is 11.2 Å². The zero-order chi connectivity index (χ0) is 21.6. The van der Waals surface area contributed by atoms with Gasteiger partial charge in [-0.15, -0.1) is 11.3 Å². The van der Waals surface area contributed by atoms with E-state index in [1.54, 1.807) is 18.2 Å². The molecule has 1 heterocycles. The molecule has 31 heavy (non-hydrogen) atoms. The largest absolute Gasteiger partial charge is 0.326 e. The minimum Gasteiger partial charge on any atom is -0.326 e. The van der Waals surface area contributed by atoms with Crippen LogP contribution in [0.5, 0.6) is 0 Å². The summed E-state index contributed by atoms with van der Waals surface area (Å²) in [5, 5.41) is 15.7. The molecule has 0 bridgehead atoms. The summed E-state index contributed by atoms with van der Waals surface area (Å²) < 4.78 is 0. The van der Waals surface area contributed by atoms with E-state index in [0.717, 1.165) is 21.8 Å². The minimum atomic E-state index is -0.468. The Balaban J connectivity index is 1.44. The van der Waals surface area contributed by atoms with E-state index in [2.05, 4.69) is 16.4 Å². The van der Waals surface area contributed by atoms with Gasteiger partial charge < -0.3 is 5.32 Å². The van der Waals surface area contributed by atoms with Gasteiger partial charge in [0, 0.05) is 21.7 Å². The molecule has 1 atom stereocenters. The van der Waals surface area contributed by atoms with Gasteiger partial charge in [-0.25, -0.2) is 4.98 Å². The maximum atomic E-state index is 12.5. The lowest BCUT2D eigenvalue weighted by Crippen LogP contribution is -2.14. The molecule has 6 heteroatoms. The highest BCUT2D eigenvalue weighted by molar-refractivity contribution is 7.13. The Kier molecular flexibility index (Phi) is 6.42. The Bertz CT molecular complexity index is 1230. The van der Waals surface area contributed by atoms with Crippen molar-refractivity contribution >= 4 is 34.5 Å². The first-order chi connectivity index (χ1) is 15.1. The van der Waals surface area contributed by atoms with Crippen LogP contribution in [0.1, 0.15) is 22.7 Å². The summed E-state index contributed by atoms with van der Waals surface area (Å²) in [6.45, 7) is 0. The van der Waals surface area contributed by atoms with Gasteiger partial charge in [0.05, 0.1) is 24.1 Å². The van der Waals surface area contributed by atoms with Crippen LogP contribution in [0.25, 0.3) is 10.6 Å². The molecule has 0 radical (unpaired) electrons. The molecule has 0 aliphatic carbocycles. The van der Waals surface area contributed by atoms with Crippen molar-refractivity contribution in [2.45, 2.75) is 12.3 Å². The van der Waals surface area contributed by atoms with Crippen molar-refractivity contribution < 1.29 is 4.79 Å².